The molecular formula is C15H15N2NaO4. The summed E-state index contributed by atoms with van der Waals surface area (Å²) in [5.41, 5.74) is 1.11. The molecule has 0 aliphatic rings. The number of carbonyl (C=O) groups excluding carboxylic acids is 2. The molecule has 0 amide bonds. The first-order valence-electron chi connectivity index (χ1n) is 7.34. The number of carboxylic acid groups (broad SMARTS) is 1. The average Bonchev–Trinajstić information content (AvgIpc) is 2.54. The van der Waals surface area contributed by atoms with Gasteiger partial charge in [0.15, 0.2) is 0 Å². The maximum absolute atomic E-state index is 10.9. The molecule has 0 N–H and O–H groups in total. The number of aromatic nitrogens is 2. The van der Waals surface area contributed by atoms with Gasteiger partial charge in [-0.25, -0.2) is 4.79 Å². The maximum Gasteiger partial charge on any atom is 1.00 e. The summed E-state index contributed by atoms with van der Waals surface area (Å²) in [6.07, 6.45) is 2.47. The number of ether oxygens (including phenoxy) is 1. The molecular weight excluding hydrogens is 295 g/mol. The van der Waals surface area contributed by atoms with E-state index in [1.165, 1.54) is 13.3 Å². The van der Waals surface area contributed by atoms with Gasteiger partial charge in [0.1, 0.15) is 0 Å². The van der Waals surface area contributed by atoms with Crippen LogP contribution in [0.4, 0.5) is 0 Å². The molecule has 0 atom stereocenters. The van der Waals surface area contributed by atoms with Gasteiger partial charge in [0, 0.05) is 33.5 Å². The van der Waals surface area contributed by atoms with Crippen molar-refractivity contribution in [3.8, 4) is 0 Å². The fourth-order valence-corrected chi connectivity index (χ4v) is 1.22. The van der Waals surface area contributed by atoms with E-state index in [1.54, 1.807) is 12.1 Å². The monoisotopic (exact) mass is 313 g/mol. The summed E-state index contributed by atoms with van der Waals surface area (Å²) >= 11 is 0. The Morgan fingerprint density at radius 3 is 2.05 bits per heavy atom. The van der Waals surface area contributed by atoms with Gasteiger partial charge < -0.3 is 14.6 Å². The van der Waals surface area contributed by atoms with Crippen LogP contribution in [0, 0.1) is 13.8 Å². The second-order valence-corrected chi connectivity index (χ2v) is 3.90. The topological polar surface area (TPSA) is 92.2 Å². The number of hydrogen-bond donors (Lipinski definition) is 0. The van der Waals surface area contributed by atoms with Crippen LogP contribution in [0.15, 0.2) is 36.7 Å². The minimum atomic E-state index is -2.30. The van der Waals surface area contributed by atoms with Gasteiger partial charge in [0.2, 0.25) is 0 Å². The molecule has 0 spiro atoms. The molecule has 2 aromatic rings. The number of esters is 1. The molecule has 0 saturated carbocycles. The van der Waals surface area contributed by atoms with Crippen LogP contribution >= 0.6 is 0 Å². The Bertz CT molecular complexity index is 704. The number of hydrogen-bond acceptors (Lipinski definition) is 6. The van der Waals surface area contributed by atoms with Crippen LogP contribution in [-0.2, 0) is 4.74 Å². The zero-order valence-corrected chi connectivity index (χ0v) is 14.5. The van der Waals surface area contributed by atoms with E-state index in [4.69, 9.17) is 4.11 Å². The Hall–Kier alpha value is -1.76. The summed E-state index contributed by atoms with van der Waals surface area (Å²) in [5, 5.41) is 10.3. The number of pyridine rings is 2. The minimum Gasteiger partial charge on any atom is -0.545 e. The standard InChI is InChI=1S/C8H9NO2.C7H7NO2.Na/c1-6-3-4-7(5-9-6)8(10)11-2;1-5-2-3-6(4-8-5)7(9)10;/h3-5H,1-2H3;2-4H,1H3,(H,9,10);/q;;+1/p-1/i;1D3;. The summed E-state index contributed by atoms with van der Waals surface area (Å²) in [6, 6.07) is 5.77. The number of aryl methyl sites for hydroxylation is 2. The fourth-order valence-electron chi connectivity index (χ4n) is 1.22. The first-order valence-corrected chi connectivity index (χ1v) is 5.84. The molecule has 7 heteroatoms. The number of methoxy groups -OCH3 is 1. The SMILES string of the molecule is COC(=O)c1ccc(C)nc1.[2H]C([2H])([2H])c1ccc(C(=O)[O-])cn1.[Na+]. The Balaban J connectivity index is 0.000000449. The molecule has 0 bridgehead atoms. The average molecular weight is 313 g/mol. The maximum atomic E-state index is 10.9. The van der Waals surface area contributed by atoms with Crippen LogP contribution in [0.25, 0.3) is 0 Å². The van der Waals surface area contributed by atoms with Crippen LogP contribution in [0.2, 0.25) is 0 Å². The van der Waals surface area contributed by atoms with Crippen LogP contribution in [-0.4, -0.2) is 29.0 Å². The summed E-state index contributed by atoms with van der Waals surface area (Å²) in [6.45, 7) is -0.439. The second kappa shape index (κ2) is 10.0. The number of aromatic carboxylic acids is 1. The van der Waals surface area contributed by atoms with Crippen molar-refractivity contribution in [3.63, 3.8) is 0 Å². The Labute approximate surface area is 155 Å². The smallest absolute Gasteiger partial charge is 0.545 e. The van der Waals surface area contributed by atoms with Gasteiger partial charge in [-0.3, -0.25) is 9.97 Å². The molecule has 22 heavy (non-hydrogen) atoms. The fraction of sp³-hybridized carbons (Fsp3) is 0.200. The number of nitrogens with zero attached hydrogens (tertiary/aromatic N) is 2. The third-order valence-corrected chi connectivity index (χ3v) is 2.33. The van der Waals surface area contributed by atoms with Crippen molar-refractivity contribution in [1.29, 1.82) is 0 Å². The van der Waals surface area contributed by atoms with E-state index in [1.807, 2.05) is 6.92 Å². The predicted octanol–water partition coefficient (Wildman–Crippen LogP) is -2.07. The van der Waals surface area contributed by atoms with Gasteiger partial charge in [0.05, 0.1) is 18.6 Å². The largest absolute Gasteiger partial charge is 1.00 e. The van der Waals surface area contributed by atoms with Crippen molar-refractivity contribution in [2.45, 2.75) is 13.8 Å². The molecule has 2 rings (SSSR count). The summed E-state index contributed by atoms with van der Waals surface area (Å²) < 4.78 is 25.4. The minimum absolute atomic E-state index is 0. The van der Waals surface area contributed by atoms with Crippen molar-refractivity contribution >= 4 is 11.9 Å². The summed E-state index contributed by atoms with van der Waals surface area (Å²) in [7, 11) is 1.35. The van der Waals surface area contributed by atoms with E-state index in [0.29, 0.717) is 5.56 Å². The zero-order chi connectivity index (χ0) is 18.3. The van der Waals surface area contributed by atoms with Gasteiger partial charge in [-0.15, -0.1) is 0 Å². The van der Waals surface area contributed by atoms with Crippen LogP contribution in [0.1, 0.15) is 36.2 Å². The molecule has 0 fully saturated rings. The van der Waals surface area contributed by atoms with E-state index in [2.05, 4.69) is 14.7 Å². The molecule has 110 valence electrons. The number of carboxylic acids is 1. The van der Waals surface area contributed by atoms with E-state index in [9.17, 15) is 14.7 Å². The van der Waals surface area contributed by atoms with Gasteiger partial charge in [-0.1, -0.05) is 0 Å². The van der Waals surface area contributed by atoms with Crippen molar-refractivity contribution < 1.29 is 53.1 Å². The summed E-state index contributed by atoms with van der Waals surface area (Å²) in [5.74, 6) is -1.72. The van der Waals surface area contributed by atoms with Crippen molar-refractivity contribution in [1.82, 2.24) is 9.97 Å². The van der Waals surface area contributed by atoms with Gasteiger partial charge in [-0.2, -0.15) is 0 Å². The third kappa shape index (κ3) is 6.80. The summed E-state index contributed by atoms with van der Waals surface area (Å²) in [4.78, 5) is 28.6. The molecule has 6 nitrogen and oxygen atoms in total. The van der Waals surface area contributed by atoms with Crippen LogP contribution in [0.3, 0.4) is 0 Å². The van der Waals surface area contributed by atoms with E-state index in [-0.39, 0.29) is 46.8 Å². The Kier molecular flexibility index (Phi) is 6.92. The normalized spacial score (nSPS) is 11.5. The molecule has 0 saturated heterocycles. The molecule has 0 unspecified atom stereocenters. The quantitative estimate of drug-likeness (QED) is 0.467. The molecule has 0 aliphatic carbocycles. The van der Waals surface area contributed by atoms with E-state index in [0.717, 1.165) is 24.0 Å². The first kappa shape index (κ1) is 15.1. The second-order valence-electron chi connectivity index (χ2n) is 3.90. The predicted molar refractivity (Wildman–Crippen MR) is 73.6 cm³/mol. The molecule has 2 heterocycles. The van der Waals surface area contributed by atoms with Gasteiger partial charge in [0.25, 0.3) is 0 Å². The molecule has 0 radical (unpaired) electrons. The van der Waals surface area contributed by atoms with Crippen LogP contribution in [0.5, 0.6) is 0 Å². The number of rotatable bonds is 2. The van der Waals surface area contributed by atoms with E-state index < -0.39 is 12.8 Å². The van der Waals surface area contributed by atoms with Crippen molar-refractivity contribution in [3.05, 3.63) is 59.2 Å². The van der Waals surface area contributed by atoms with Crippen molar-refractivity contribution in [2.24, 2.45) is 0 Å². The number of carbonyl (C=O) groups is 2. The first-order chi connectivity index (χ1) is 11.1. The van der Waals surface area contributed by atoms with Crippen molar-refractivity contribution in [2.75, 3.05) is 7.11 Å². The Morgan fingerprint density at radius 2 is 1.64 bits per heavy atom. The van der Waals surface area contributed by atoms with Gasteiger partial charge >= 0.3 is 35.5 Å². The molecule has 0 aromatic carbocycles. The van der Waals surface area contributed by atoms with Crippen LogP contribution < -0.4 is 34.7 Å². The third-order valence-electron chi connectivity index (χ3n) is 2.33. The molecule has 2 aromatic heterocycles. The van der Waals surface area contributed by atoms with Gasteiger partial charge in [-0.05, 0) is 38.0 Å². The Morgan fingerprint density at radius 1 is 1.09 bits per heavy atom. The zero-order valence-electron chi connectivity index (χ0n) is 15.5. The van der Waals surface area contributed by atoms with E-state index >= 15 is 0 Å². The molecule has 0 aliphatic heterocycles.